The molecule has 0 aromatic heterocycles. The predicted octanol–water partition coefficient (Wildman–Crippen LogP) is -1.32. The Labute approximate surface area is 69.2 Å². The second-order valence-corrected chi connectivity index (χ2v) is 8.12. The molecule has 1 heterocycles. The van der Waals surface area contributed by atoms with Gasteiger partial charge in [0.05, 0.1) is 0 Å². The van der Waals surface area contributed by atoms with E-state index in [1.807, 2.05) is 0 Å². The molecule has 0 aliphatic carbocycles. The van der Waals surface area contributed by atoms with Crippen molar-refractivity contribution in [1.82, 2.24) is 0 Å². The van der Waals surface area contributed by atoms with Crippen LogP contribution in [-0.2, 0) is 4.74 Å². The van der Waals surface area contributed by atoms with E-state index in [0.29, 0.717) is 23.3 Å². The summed E-state index contributed by atoms with van der Waals surface area (Å²) in [7, 11) is -3.56. The molecule has 1 fully saturated rings. The van der Waals surface area contributed by atoms with Gasteiger partial charge in [-0.25, -0.2) is 0 Å². The summed E-state index contributed by atoms with van der Waals surface area (Å²) in [6, 6.07) is 0. The van der Waals surface area contributed by atoms with Gasteiger partial charge >= 0.3 is 68.4 Å². The molecule has 1 atom stereocenters. The van der Waals surface area contributed by atoms with E-state index in [-0.39, 0.29) is 0 Å². The van der Waals surface area contributed by atoms with E-state index in [1.165, 1.54) is 0 Å². The SMILES string of the molecule is O[PH](O)(O)C1([SiH3])CCCCO1. The van der Waals surface area contributed by atoms with Crippen LogP contribution in [0.5, 0.6) is 0 Å². The van der Waals surface area contributed by atoms with Crippen molar-refractivity contribution in [2.75, 3.05) is 6.61 Å². The van der Waals surface area contributed by atoms with Crippen LogP contribution in [0.25, 0.3) is 0 Å². The fourth-order valence-corrected chi connectivity index (χ4v) is 2.56. The molecule has 1 saturated heterocycles. The van der Waals surface area contributed by atoms with Crippen molar-refractivity contribution >= 4 is 18.2 Å². The molecule has 1 rings (SSSR count). The third-order valence-electron chi connectivity index (χ3n) is 2.18. The van der Waals surface area contributed by atoms with Gasteiger partial charge in [0.25, 0.3) is 0 Å². The molecule has 0 aromatic rings. The number of rotatable bonds is 1. The zero-order valence-electron chi connectivity index (χ0n) is 6.58. The summed E-state index contributed by atoms with van der Waals surface area (Å²) in [4.78, 5) is 26.2. The topological polar surface area (TPSA) is 69.9 Å². The van der Waals surface area contributed by atoms with Crippen LogP contribution in [0.15, 0.2) is 0 Å². The van der Waals surface area contributed by atoms with Gasteiger partial charge in [-0.3, -0.25) is 0 Å². The quantitative estimate of drug-likeness (QED) is 0.361. The van der Waals surface area contributed by atoms with Crippen LogP contribution >= 0.6 is 7.94 Å². The molecule has 4 nitrogen and oxygen atoms in total. The van der Waals surface area contributed by atoms with Crippen LogP contribution < -0.4 is 0 Å². The molecule has 0 saturated carbocycles. The van der Waals surface area contributed by atoms with E-state index in [9.17, 15) is 0 Å². The average Bonchev–Trinajstić information content (AvgIpc) is 1.87. The molecule has 0 aromatic carbocycles. The van der Waals surface area contributed by atoms with Crippen molar-refractivity contribution in [1.29, 1.82) is 0 Å². The maximum absolute atomic E-state index is 9.06. The van der Waals surface area contributed by atoms with Crippen LogP contribution in [0.2, 0.25) is 0 Å². The monoisotopic (exact) mass is 198 g/mol. The Kier molecular flexibility index (Phi) is 2.69. The minimum atomic E-state index is -4.04. The van der Waals surface area contributed by atoms with Crippen LogP contribution in [-0.4, -0.2) is 36.5 Å². The van der Waals surface area contributed by atoms with Crippen molar-refractivity contribution in [3.05, 3.63) is 0 Å². The van der Waals surface area contributed by atoms with Crippen molar-refractivity contribution < 1.29 is 19.4 Å². The van der Waals surface area contributed by atoms with Gasteiger partial charge in [0.1, 0.15) is 0 Å². The normalized spacial score (nSPS) is 35.5. The van der Waals surface area contributed by atoms with Gasteiger partial charge in [-0.2, -0.15) is 0 Å². The van der Waals surface area contributed by atoms with Gasteiger partial charge in [-0.05, 0) is 0 Å². The molecular formula is C5H15O4PSi. The maximum atomic E-state index is 9.06. The Hall–Kier alpha value is 0.487. The van der Waals surface area contributed by atoms with Crippen molar-refractivity contribution in [3.8, 4) is 0 Å². The summed E-state index contributed by atoms with van der Waals surface area (Å²) in [5, 5.41) is 0. The summed E-state index contributed by atoms with van der Waals surface area (Å²) in [6.07, 6.45) is 2.46. The van der Waals surface area contributed by atoms with E-state index < -0.39 is 12.9 Å². The van der Waals surface area contributed by atoms with Gasteiger partial charge in [0.15, 0.2) is 0 Å². The Morgan fingerprint density at radius 3 is 2.18 bits per heavy atom. The van der Waals surface area contributed by atoms with E-state index in [1.54, 1.807) is 0 Å². The Bertz CT molecular complexity index is 140. The third-order valence-corrected chi connectivity index (χ3v) is 6.79. The molecule has 1 aliphatic rings. The fraction of sp³-hybridized carbons (Fsp3) is 1.00. The van der Waals surface area contributed by atoms with Gasteiger partial charge in [0, 0.05) is 0 Å². The molecular weight excluding hydrogens is 183 g/mol. The fourth-order valence-electron chi connectivity index (χ4n) is 1.20. The van der Waals surface area contributed by atoms with Crippen LogP contribution in [0, 0.1) is 0 Å². The first-order valence-corrected chi connectivity index (χ1v) is 6.61. The van der Waals surface area contributed by atoms with Crippen molar-refractivity contribution in [2.45, 2.75) is 24.2 Å². The molecule has 3 N–H and O–H groups in total. The first-order chi connectivity index (χ1) is 4.96. The number of ether oxygens (including phenoxy) is 1. The summed E-state index contributed by atoms with van der Waals surface area (Å²) < 4.78 is 5.20. The Morgan fingerprint density at radius 2 is 1.91 bits per heavy atom. The van der Waals surface area contributed by atoms with Gasteiger partial charge in [0.2, 0.25) is 0 Å². The molecule has 6 heteroatoms. The molecule has 0 radical (unpaired) electrons. The van der Waals surface area contributed by atoms with Crippen LogP contribution in [0.4, 0.5) is 0 Å². The Morgan fingerprint density at radius 1 is 1.27 bits per heavy atom. The third kappa shape index (κ3) is 1.99. The van der Waals surface area contributed by atoms with E-state index in [4.69, 9.17) is 19.4 Å². The first-order valence-electron chi connectivity index (χ1n) is 3.77. The second-order valence-electron chi connectivity index (χ2n) is 3.17. The summed E-state index contributed by atoms with van der Waals surface area (Å²) >= 11 is 0. The van der Waals surface area contributed by atoms with Crippen molar-refractivity contribution in [2.24, 2.45) is 0 Å². The first kappa shape index (κ1) is 9.57. The predicted molar refractivity (Wildman–Crippen MR) is 47.4 cm³/mol. The van der Waals surface area contributed by atoms with E-state index in [0.717, 1.165) is 12.8 Å². The van der Waals surface area contributed by atoms with Crippen LogP contribution in [0.1, 0.15) is 19.3 Å². The Balaban J connectivity index is 2.64. The molecule has 11 heavy (non-hydrogen) atoms. The van der Waals surface area contributed by atoms with Gasteiger partial charge < -0.3 is 0 Å². The molecule has 68 valence electrons. The standard InChI is InChI=1S/C5H15O4PSi/c6-10(7,8)5(11)3-1-2-4-9-5/h6-8,10H,1-4H2,11H3. The second kappa shape index (κ2) is 3.09. The summed E-state index contributed by atoms with van der Waals surface area (Å²) in [6.45, 7) is 0.542. The van der Waals surface area contributed by atoms with Crippen molar-refractivity contribution in [3.63, 3.8) is 0 Å². The zero-order valence-corrected chi connectivity index (χ0v) is 9.58. The molecule has 0 amide bonds. The molecule has 1 aliphatic heterocycles. The minimum absolute atomic E-state index is 0.478. The molecule has 0 spiro atoms. The van der Waals surface area contributed by atoms with Crippen LogP contribution in [0.3, 0.4) is 0 Å². The van der Waals surface area contributed by atoms with E-state index in [2.05, 4.69) is 0 Å². The summed E-state index contributed by atoms with van der Waals surface area (Å²) in [5.74, 6) is 0. The molecule has 1 unspecified atom stereocenters. The van der Waals surface area contributed by atoms with Gasteiger partial charge in [-0.1, -0.05) is 0 Å². The summed E-state index contributed by atoms with van der Waals surface area (Å²) in [5.41, 5.74) is 0. The van der Waals surface area contributed by atoms with E-state index >= 15 is 0 Å². The van der Waals surface area contributed by atoms with Gasteiger partial charge in [-0.15, -0.1) is 0 Å². The number of hydrogen-bond donors (Lipinski definition) is 3. The number of hydrogen-bond acceptors (Lipinski definition) is 4. The average molecular weight is 198 g/mol. The molecule has 0 bridgehead atoms. The zero-order chi connectivity index (χ0) is 8.54.